The highest BCUT2D eigenvalue weighted by molar-refractivity contribution is 9.10. The van der Waals surface area contributed by atoms with Crippen molar-refractivity contribution in [1.29, 1.82) is 0 Å². The summed E-state index contributed by atoms with van der Waals surface area (Å²) in [5, 5.41) is 11.4. The lowest BCUT2D eigenvalue weighted by molar-refractivity contribution is 0.663. The monoisotopic (exact) mass is 437 g/mol. The van der Waals surface area contributed by atoms with Gasteiger partial charge in [0.25, 0.3) is 0 Å². The maximum atomic E-state index is 4.56. The third kappa shape index (κ3) is 3.02. The van der Waals surface area contributed by atoms with Gasteiger partial charge in [-0.3, -0.25) is 4.57 Å². The minimum absolute atomic E-state index is 0.320. The van der Waals surface area contributed by atoms with E-state index in [-0.39, 0.29) is 0 Å². The Morgan fingerprint density at radius 3 is 2.52 bits per heavy atom. The molecule has 5 rings (SSSR count). The molecule has 2 fully saturated rings. The summed E-state index contributed by atoms with van der Waals surface area (Å²) in [6, 6.07) is 0. The smallest absolute Gasteiger partial charge is 0.206 e. The molecule has 3 aliphatic carbocycles. The average molecular weight is 438 g/mol. The van der Waals surface area contributed by atoms with Crippen LogP contribution in [0.5, 0.6) is 0 Å². The first-order valence-corrected chi connectivity index (χ1v) is 12.0. The van der Waals surface area contributed by atoms with Gasteiger partial charge < -0.3 is 0 Å². The summed E-state index contributed by atoms with van der Waals surface area (Å²) in [6.07, 6.45) is 13.2. The average Bonchev–Trinajstić information content (AvgIpc) is 3.12. The normalized spacial score (nSPS) is 22.3. The zero-order chi connectivity index (χ0) is 17.0. The van der Waals surface area contributed by atoms with E-state index in [1.54, 1.807) is 16.0 Å². The highest BCUT2D eigenvalue weighted by Gasteiger charge is 2.35. The molecule has 0 aliphatic heterocycles. The predicted octanol–water partition coefficient (Wildman–Crippen LogP) is 6.27. The van der Waals surface area contributed by atoms with Crippen molar-refractivity contribution in [3.8, 4) is 5.00 Å². The molecule has 0 atom stereocenters. The quantitative estimate of drug-likeness (QED) is 0.564. The van der Waals surface area contributed by atoms with Crippen molar-refractivity contribution in [1.82, 2.24) is 14.8 Å². The Morgan fingerprint density at radius 2 is 1.80 bits per heavy atom. The lowest BCUT2D eigenvalue weighted by Crippen LogP contribution is -2.15. The van der Waals surface area contributed by atoms with E-state index in [0.29, 0.717) is 4.75 Å². The lowest BCUT2D eigenvalue weighted by atomic mass is 9.92. The highest BCUT2D eigenvalue weighted by atomic mass is 79.9. The SMILES string of the molecule is CC1(Sc2nnc(Br)n2-c2sc(C3CC3)c3c2CCCC3)CCCC1. The van der Waals surface area contributed by atoms with Gasteiger partial charge in [-0.2, -0.15) is 0 Å². The molecule has 0 unspecified atom stereocenters. The molecule has 3 nitrogen and oxygen atoms in total. The van der Waals surface area contributed by atoms with Crippen LogP contribution in [0.3, 0.4) is 0 Å². The molecule has 2 heterocycles. The van der Waals surface area contributed by atoms with Crippen molar-refractivity contribution >= 4 is 39.0 Å². The van der Waals surface area contributed by atoms with E-state index in [1.807, 2.05) is 23.1 Å². The standard InChI is InChI=1S/C19H24BrN3S2/c1-19(10-4-5-11-19)25-18-22-21-17(20)23(18)16-14-7-3-2-6-13(14)15(24-16)12-8-9-12/h12H,2-11H2,1H3. The summed E-state index contributed by atoms with van der Waals surface area (Å²) in [4.78, 5) is 1.67. The molecule has 0 spiro atoms. The maximum absolute atomic E-state index is 4.56. The van der Waals surface area contributed by atoms with Crippen LogP contribution < -0.4 is 0 Å². The third-order valence-corrected chi connectivity index (χ3v) is 9.26. The molecule has 0 radical (unpaired) electrons. The minimum Gasteiger partial charge on any atom is -0.255 e. The largest absolute Gasteiger partial charge is 0.255 e. The van der Waals surface area contributed by atoms with Crippen molar-refractivity contribution < 1.29 is 0 Å². The van der Waals surface area contributed by atoms with Crippen LogP contribution in [0.2, 0.25) is 0 Å². The van der Waals surface area contributed by atoms with Gasteiger partial charge in [-0.15, -0.1) is 21.5 Å². The van der Waals surface area contributed by atoms with Crippen LogP contribution in [0.1, 0.15) is 80.2 Å². The number of hydrogen-bond acceptors (Lipinski definition) is 4. The first-order chi connectivity index (χ1) is 12.1. The fourth-order valence-corrected chi connectivity index (χ4v) is 8.00. The molecule has 3 aliphatic rings. The number of fused-ring (bicyclic) bond motifs is 1. The molecular weight excluding hydrogens is 414 g/mol. The van der Waals surface area contributed by atoms with Crippen LogP contribution >= 0.6 is 39.0 Å². The summed E-state index contributed by atoms with van der Waals surface area (Å²) >= 11 is 7.67. The van der Waals surface area contributed by atoms with Gasteiger partial charge in [-0.05, 0) is 91.3 Å². The molecule has 0 saturated heterocycles. The number of nitrogens with zero attached hydrogens (tertiary/aromatic N) is 3. The van der Waals surface area contributed by atoms with E-state index in [1.165, 1.54) is 69.2 Å². The molecule has 2 aromatic heterocycles. The van der Waals surface area contributed by atoms with Crippen LogP contribution in [-0.2, 0) is 12.8 Å². The summed E-state index contributed by atoms with van der Waals surface area (Å²) in [7, 11) is 0. The van der Waals surface area contributed by atoms with Gasteiger partial charge in [-0.25, -0.2) is 0 Å². The number of rotatable bonds is 4. The van der Waals surface area contributed by atoms with Crippen LogP contribution in [0.25, 0.3) is 5.00 Å². The summed E-state index contributed by atoms with van der Waals surface area (Å²) in [6.45, 7) is 2.40. The zero-order valence-electron chi connectivity index (χ0n) is 14.7. The van der Waals surface area contributed by atoms with Gasteiger partial charge in [0.15, 0.2) is 5.16 Å². The number of halogens is 1. The first kappa shape index (κ1) is 16.8. The Balaban J connectivity index is 1.58. The Bertz CT molecular complexity index is 800. The second-order valence-corrected chi connectivity index (χ2v) is 11.4. The van der Waals surface area contributed by atoms with Gasteiger partial charge in [0.2, 0.25) is 4.73 Å². The van der Waals surface area contributed by atoms with Crippen molar-refractivity contribution in [2.45, 2.75) is 87.0 Å². The Labute approximate surface area is 166 Å². The molecule has 2 saturated carbocycles. The van der Waals surface area contributed by atoms with Crippen molar-refractivity contribution in [3.63, 3.8) is 0 Å². The Hall–Kier alpha value is -0.330. The number of thioether (sulfide) groups is 1. The molecule has 0 aromatic carbocycles. The van der Waals surface area contributed by atoms with E-state index >= 15 is 0 Å². The van der Waals surface area contributed by atoms with Crippen molar-refractivity contribution in [2.24, 2.45) is 0 Å². The van der Waals surface area contributed by atoms with E-state index < -0.39 is 0 Å². The second kappa shape index (κ2) is 6.38. The van der Waals surface area contributed by atoms with Gasteiger partial charge >= 0.3 is 0 Å². The molecule has 0 bridgehead atoms. The van der Waals surface area contributed by atoms with E-state index in [0.717, 1.165) is 15.8 Å². The fraction of sp³-hybridized carbons (Fsp3) is 0.684. The number of hydrogen-bond donors (Lipinski definition) is 0. The van der Waals surface area contributed by atoms with Gasteiger partial charge in [-0.1, -0.05) is 24.6 Å². The van der Waals surface area contributed by atoms with Crippen molar-refractivity contribution in [2.75, 3.05) is 0 Å². The second-order valence-electron chi connectivity index (χ2n) is 8.06. The summed E-state index contributed by atoms with van der Waals surface area (Å²) in [5.74, 6) is 0.837. The molecule has 2 aromatic rings. The van der Waals surface area contributed by atoms with E-state index in [2.05, 4.69) is 37.6 Å². The van der Waals surface area contributed by atoms with E-state index in [9.17, 15) is 0 Å². The molecule has 0 N–H and O–H groups in total. The molecule has 0 amide bonds. The lowest BCUT2D eigenvalue weighted by Gasteiger charge is -2.22. The van der Waals surface area contributed by atoms with Crippen molar-refractivity contribution in [3.05, 3.63) is 20.7 Å². The van der Waals surface area contributed by atoms with Crippen LogP contribution in [0, 0.1) is 0 Å². The number of aromatic nitrogens is 3. The minimum atomic E-state index is 0.320. The van der Waals surface area contributed by atoms with Gasteiger partial charge in [0.1, 0.15) is 5.00 Å². The topological polar surface area (TPSA) is 30.7 Å². The zero-order valence-corrected chi connectivity index (χ0v) is 17.9. The molecule has 25 heavy (non-hydrogen) atoms. The molecule has 6 heteroatoms. The van der Waals surface area contributed by atoms with E-state index in [4.69, 9.17) is 0 Å². The van der Waals surface area contributed by atoms with Gasteiger partial charge in [0, 0.05) is 9.62 Å². The fourth-order valence-electron chi connectivity index (χ4n) is 4.43. The van der Waals surface area contributed by atoms with Crippen LogP contribution in [0.4, 0.5) is 0 Å². The molecule has 134 valence electrons. The Morgan fingerprint density at radius 1 is 1.08 bits per heavy atom. The molecular formula is C19H24BrN3S2. The number of thiophene rings is 1. The van der Waals surface area contributed by atoms with Gasteiger partial charge in [0.05, 0.1) is 0 Å². The first-order valence-electron chi connectivity index (χ1n) is 9.59. The summed E-state index contributed by atoms with van der Waals surface area (Å²) < 4.78 is 3.50. The maximum Gasteiger partial charge on any atom is 0.206 e. The predicted molar refractivity (Wildman–Crippen MR) is 108 cm³/mol. The third-order valence-electron chi connectivity index (χ3n) is 5.97. The summed E-state index contributed by atoms with van der Waals surface area (Å²) in [5.41, 5.74) is 3.27. The Kier molecular flexibility index (Phi) is 4.29. The van der Waals surface area contributed by atoms with Crippen LogP contribution in [0.15, 0.2) is 9.89 Å². The van der Waals surface area contributed by atoms with Crippen LogP contribution in [-0.4, -0.2) is 19.5 Å². The highest BCUT2D eigenvalue weighted by Crippen LogP contribution is 2.51.